The molecule has 31 heavy (non-hydrogen) atoms. The number of amides is 2. The molecule has 0 aromatic heterocycles. The van der Waals surface area contributed by atoms with Gasteiger partial charge in [0.2, 0.25) is 5.91 Å². The Bertz CT molecular complexity index is 915. The van der Waals surface area contributed by atoms with E-state index in [0.717, 1.165) is 16.7 Å². The molecule has 1 fully saturated rings. The molecule has 2 aromatic rings. The number of hydrogen-bond donors (Lipinski definition) is 1. The van der Waals surface area contributed by atoms with Gasteiger partial charge < -0.3 is 19.7 Å². The number of carbonyl (C=O) groups excluding carboxylic acids is 3. The summed E-state index contributed by atoms with van der Waals surface area (Å²) in [6, 6.07) is 16.2. The lowest BCUT2D eigenvalue weighted by atomic mass is 9.99. The van der Waals surface area contributed by atoms with E-state index < -0.39 is 18.1 Å². The Balaban J connectivity index is 1.67. The number of aryl methyl sites for hydroxylation is 1. The Labute approximate surface area is 182 Å². The summed E-state index contributed by atoms with van der Waals surface area (Å²) < 4.78 is 10.4. The van der Waals surface area contributed by atoms with Crippen molar-refractivity contribution in [1.29, 1.82) is 0 Å². The van der Waals surface area contributed by atoms with Gasteiger partial charge in [0.25, 0.3) is 0 Å². The first-order valence-corrected chi connectivity index (χ1v) is 10.5. The summed E-state index contributed by atoms with van der Waals surface area (Å²) >= 11 is 0. The van der Waals surface area contributed by atoms with Crippen molar-refractivity contribution in [3.05, 3.63) is 71.3 Å². The zero-order valence-electron chi connectivity index (χ0n) is 17.9. The van der Waals surface area contributed by atoms with E-state index in [1.165, 1.54) is 0 Å². The predicted octanol–water partition coefficient (Wildman–Crippen LogP) is 3.52. The fourth-order valence-electron chi connectivity index (χ4n) is 3.91. The van der Waals surface area contributed by atoms with Gasteiger partial charge in [0.15, 0.2) is 0 Å². The first kappa shape index (κ1) is 22.3. The molecule has 1 heterocycles. The van der Waals surface area contributed by atoms with Gasteiger partial charge in [0.05, 0.1) is 12.6 Å². The molecule has 7 nitrogen and oxygen atoms in total. The molecule has 1 N–H and O–H groups in total. The van der Waals surface area contributed by atoms with Gasteiger partial charge >= 0.3 is 12.1 Å². The number of ether oxygens (including phenoxy) is 2. The van der Waals surface area contributed by atoms with Gasteiger partial charge in [0.1, 0.15) is 19.2 Å². The van der Waals surface area contributed by atoms with Crippen molar-refractivity contribution in [3.8, 4) is 0 Å². The average Bonchev–Trinajstić information content (AvgIpc) is 3.22. The van der Waals surface area contributed by atoms with Crippen molar-refractivity contribution < 1.29 is 23.9 Å². The minimum absolute atomic E-state index is 0.113. The first-order chi connectivity index (χ1) is 15.0. The normalized spacial score (nSPS) is 17.8. The topological polar surface area (TPSA) is 84.9 Å². The highest BCUT2D eigenvalue weighted by atomic mass is 16.5. The minimum atomic E-state index is -0.684. The van der Waals surface area contributed by atoms with Crippen LogP contribution in [0.15, 0.2) is 54.6 Å². The number of likely N-dealkylation sites (tertiary alicyclic amines) is 1. The zero-order valence-corrected chi connectivity index (χ0v) is 17.9. The van der Waals surface area contributed by atoms with Gasteiger partial charge in [-0.15, -0.1) is 0 Å². The molecule has 1 saturated heterocycles. The van der Waals surface area contributed by atoms with Crippen LogP contribution >= 0.6 is 0 Å². The van der Waals surface area contributed by atoms with Crippen molar-refractivity contribution in [2.24, 2.45) is 0 Å². The lowest BCUT2D eigenvalue weighted by Crippen LogP contribution is -2.47. The van der Waals surface area contributed by atoms with Crippen LogP contribution in [0.5, 0.6) is 0 Å². The van der Waals surface area contributed by atoms with E-state index in [-0.39, 0.29) is 31.7 Å². The third-order valence-corrected chi connectivity index (χ3v) is 5.38. The molecule has 0 bridgehead atoms. The van der Waals surface area contributed by atoms with Gasteiger partial charge in [-0.1, -0.05) is 54.6 Å². The fraction of sp³-hybridized carbons (Fsp3) is 0.375. The summed E-state index contributed by atoms with van der Waals surface area (Å²) in [7, 11) is 0. The number of esters is 1. The molecule has 2 aromatic carbocycles. The maximum Gasteiger partial charge on any atom is 0.407 e. The van der Waals surface area contributed by atoms with E-state index in [9.17, 15) is 14.4 Å². The Kier molecular flexibility index (Phi) is 7.65. The lowest BCUT2D eigenvalue weighted by molar-refractivity contribution is -0.154. The number of alkyl carbamates (subject to hydrolysis) is 1. The third kappa shape index (κ3) is 5.63. The minimum Gasteiger partial charge on any atom is -0.464 e. The summed E-state index contributed by atoms with van der Waals surface area (Å²) in [5.41, 5.74) is 2.89. The van der Waals surface area contributed by atoms with E-state index in [1.54, 1.807) is 11.8 Å². The van der Waals surface area contributed by atoms with Gasteiger partial charge in [-0.3, -0.25) is 4.79 Å². The molecule has 164 valence electrons. The molecule has 2 amide bonds. The predicted molar refractivity (Wildman–Crippen MR) is 115 cm³/mol. The molecule has 0 radical (unpaired) electrons. The van der Waals surface area contributed by atoms with E-state index in [0.29, 0.717) is 12.8 Å². The Morgan fingerprint density at radius 2 is 1.71 bits per heavy atom. The van der Waals surface area contributed by atoms with Crippen molar-refractivity contribution in [1.82, 2.24) is 10.2 Å². The third-order valence-electron chi connectivity index (χ3n) is 5.38. The standard InChI is InChI=1S/C24H28N2O5/c1-3-30-23(28)21-14-13-20(19-12-8-7-9-17(19)2)26(21)22(27)15-25-24(29)31-16-18-10-5-4-6-11-18/h4-12,20-21H,3,13-16H2,1-2H3,(H,25,29)/t20-,21+/m1/s1. The highest BCUT2D eigenvalue weighted by molar-refractivity contribution is 5.88. The van der Waals surface area contributed by atoms with E-state index in [1.807, 2.05) is 61.5 Å². The van der Waals surface area contributed by atoms with Crippen LogP contribution in [0.4, 0.5) is 4.79 Å². The smallest absolute Gasteiger partial charge is 0.407 e. The van der Waals surface area contributed by atoms with Gasteiger partial charge in [0, 0.05) is 0 Å². The SMILES string of the molecule is CCOC(=O)[C@@H]1CC[C@H](c2ccccc2C)N1C(=O)CNC(=O)OCc1ccccc1. The molecular weight excluding hydrogens is 396 g/mol. The second-order valence-corrected chi connectivity index (χ2v) is 7.43. The first-order valence-electron chi connectivity index (χ1n) is 10.5. The second-order valence-electron chi connectivity index (χ2n) is 7.43. The number of carbonyl (C=O) groups is 3. The maximum absolute atomic E-state index is 13.1. The summed E-state index contributed by atoms with van der Waals surface area (Å²) in [5.74, 6) is -0.765. The average molecular weight is 424 g/mol. The van der Waals surface area contributed by atoms with Crippen LogP contribution in [0.1, 0.15) is 42.5 Å². The molecule has 1 aliphatic rings. The highest BCUT2D eigenvalue weighted by Crippen LogP contribution is 2.38. The molecule has 3 rings (SSSR count). The number of nitrogens with one attached hydrogen (secondary N) is 1. The van der Waals surface area contributed by atoms with Crippen LogP contribution in [0.25, 0.3) is 0 Å². The molecular formula is C24H28N2O5. The largest absolute Gasteiger partial charge is 0.464 e. The van der Waals surface area contributed by atoms with E-state index >= 15 is 0 Å². The zero-order chi connectivity index (χ0) is 22.2. The molecule has 0 spiro atoms. The molecule has 1 aliphatic heterocycles. The Hall–Kier alpha value is -3.35. The molecule has 0 aliphatic carbocycles. The summed E-state index contributed by atoms with van der Waals surface area (Å²) in [4.78, 5) is 39.2. The Morgan fingerprint density at radius 3 is 2.42 bits per heavy atom. The number of hydrogen-bond acceptors (Lipinski definition) is 5. The second kappa shape index (κ2) is 10.6. The molecule has 0 saturated carbocycles. The number of nitrogens with zero attached hydrogens (tertiary/aromatic N) is 1. The van der Waals surface area contributed by atoms with Crippen molar-refractivity contribution in [2.75, 3.05) is 13.2 Å². The van der Waals surface area contributed by atoms with Crippen LogP contribution in [-0.2, 0) is 25.7 Å². The van der Waals surface area contributed by atoms with Crippen molar-refractivity contribution in [3.63, 3.8) is 0 Å². The molecule has 2 atom stereocenters. The molecule has 0 unspecified atom stereocenters. The monoisotopic (exact) mass is 424 g/mol. The van der Waals surface area contributed by atoms with Gasteiger partial charge in [-0.05, 0) is 43.4 Å². The molecule has 7 heteroatoms. The number of rotatable bonds is 7. The number of benzene rings is 2. The summed E-state index contributed by atoms with van der Waals surface area (Å²) in [5, 5.41) is 2.50. The quantitative estimate of drug-likeness (QED) is 0.688. The van der Waals surface area contributed by atoms with E-state index in [2.05, 4.69) is 5.32 Å². The Morgan fingerprint density at radius 1 is 1.00 bits per heavy atom. The summed E-state index contributed by atoms with van der Waals surface area (Å²) in [6.45, 7) is 3.82. The van der Waals surface area contributed by atoms with Crippen LogP contribution in [0.3, 0.4) is 0 Å². The summed E-state index contributed by atoms with van der Waals surface area (Å²) in [6.07, 6.45) is 0.483. The van der Waals surface area contributed by atoms with Crippen molar-refractivity contribution in [2.45, 2.75) is 45.4 Å². The lowest BCUT2D eigenvalue weighted by Gasteiger charge is -2.30. The van der Waals surface area contributed by atoms with Crippen LogP contribution in [-0.4, -0.2) is 42.1 Å². The van der Waals surface area contributed by atoms with Crippen LogP contribution < -0.4 is 5.32 Å². The van der Waals surface area contributed by atoms with Crippen LogP contribution in [0, 0.1) is 6.92 Å². The van der Waals surface area contributed by atoms with Crippen molar-refractivity contribution >= 4 is 18.0 Å². The highest BCUT2D eigenvalue weighted by Gasteiger charge is 2.42. The fourth-order valence-corrected chi connectivity index (χ4v) is 3.91. The van der Waals surface area contributed by atoms with Gasteiger partial charge in [-0.2, -0.15) is 0 Å². The van der Waals surface area contributed by atoms with Gasteiger partial charge in [-0.25, -0.2) is 9.59 Å². The van der Waals surface area contributed by atoms with Crippen LogP contribution in [0.2, 0.25) is 0 Å². The maximum atomic E-state index is 13.1. The van der Waals surface area contributed by atoms with E-state index in [4.69, 9.17) is 9.47 Å².